The van der Waals surface area contributed by atoms with Crippen LogP contribution in [0.5, 0.6) is 0 Å². The van der Waals surface area contributed by atoms with Gasteiger partial charge in [0.15, 0.2) is 0 Å². The van der Waals surface area contributed by atoms with Gasteiger partial charge in [0.1, 0.15) is 5.78 Å². The zero-order valence-corrected chi connectivity index (χ0v) is 10.5. The van der Waals surface area contributed by atoms with Crippen LogP contribution in [0.3, 0.4) is 0 Å². The molecule has 0 amide bonds. The zero-order valence-electron chi connectivity index (χ0n) is 10.5. The van der Waals surface area contributed by atoms with Gasteiger partial charge in [-0.3, -0.25) is 4.79 Å². The Labute approximate surface area is 103 Å². The Balaban J connectivity index is 2.25. The molecular formula is C16H18O. The van der Waals surface area contributed by atoms with Crippen molar-refractivity contribution >= 4 is 5.78 Å². The summed E-state index contributed by atoms with van der Waals surface area (Å²) >= 11 is 0. The number of ketones is 1. The molecule has 0 heterocycles. The van der Waals surface area contributed by atoms with Crippen molar-refractivity contribution in [2.45, 2.75) is 38.5 Å². The first-order chi connectivity index (χ1) is 8.10. The summed E-state index contributed by atoms with van der Waals surface area (Å²) in [5.41, 5.74) is 3.53. The predicted octanol–water partition coefficient (Wildman–Crippen LogP) is 3.81. The molecule has 0 aliphatic heterocycles. The van der Waals surface area contributed by atoms with E-state index in [4.69, 9.17) is 0 Å². The fraction of sp³-hybridized carbons (Fsp3) is 0.438. The van der Waals surface area contributed by atoms with Crippen LogP contribution in [0.1, 0.15) is 49.7 Å². The number of rotatable bonds is 2. The summed E-state index contributed by atoms with van der Waals surface area (Å²) < 4.78 is 0. The number of allylic oxidation sites excluding steroid dienone is 1. The van der Waals surface area contributed by atoms with Gasteiger partial charge in [0.2, 0.25) is 0 Å². The minimum atomic E-state index is -0.302. The first-order valence-corrected chi connectivity index (χ1v) is 6.36. The van der Waals surface area contributed by atoms with E-state index >= 15 is 0 Å². The number of carbonyl (C=O) groups is 1. The molecule has 1 fully saturated rings. The van der Waals surface area contributed by atoms with Crippen molar-refractivity contribution in [3.8, 4) is 0 Å². The van der Waals surface area contributed by atoms with Gasteiger partial charge < -0.3 is 0 Å². The van der Waals surface area contributed by atoms with E-state index in [2.05, 4.69) is 30.8 Å². The molecule has 88 valence electrons. The minimum Gasteiger partial charge on any atom is -0.299 e. The first kappa shape index (κ1) is 10.8. The van der Waals surface area contributed by atoms with Crippen LogP contribution < -0.4 is 0 Å². The topological polar surface area (TPSA) is 17.1 Å². The summed E-state index contributed by atoms with van der Waals surface area (Å²) in [4.78, 5) is 12.3. The van der Waals surface area contributed by atoms with Gasteiger partial charge in [-0.15, -0.1) is 0 Å². The van der Waals surface area contributed by atoms with Crippen LogP contribution >= 0.6 is 0 Å². The summed E-state index contributed by atoms with van der Waals surface area (Å²) in [6.45, 7) is 7.90. The first-order valence-electron chi connectivity index (χ1n) is 6.36. The highest BCUT2D eigenvalue weighted by Crippen LogP contribution is 2.67. The van der Waals surface area contributed by atoms with Crippen molar-refractivity contribution in [3.05, 3.63) is 47.5 Å². The molecule has 2 atom stereocenters. The quantitative estimate of drug-likeness (QED) is 0.701. The maximum atomic E-state index is 12.3. The highest BCUT2D eigenvalue weighted by molar-refractivity contribution is 5.90. The molecule has 1 heteroatoms. The molecular weight excluding hydrogens is 208 g/mol. The van der Waals surface area contributed by atoms with Crippen molar-refractivity contribution < 1.29 is 4.79 Å². The van der Waals surface area contributed by atoms with E-state index in [0.29, 0.717) is 17.6 Å². The predicted molar refractivity (Wildman–Crippen MR) is 69.1 cm³/mol. The lowest BCUT2D eigenvalue weighted by atomic mass is 9.68. The van der Waals surface area contributed by atoms with E-state index < -0.39 is 0 Å². The van der Waals surface area contributed by atoms with Crippen LogP contribution in [-0.2, 0) is 4.79 Å². The summed E-state index contributed by atoms with van der Waals surface area (Å²) in [5, 5.41) is 0. The third-order valence-electron chi connectivity index (χ3n) is 4.88. The Hall–Kier alpha value is -1.37. The normalized spacial score (nSPS) is 33.5. The van der Waals surface area contributed by atoms with Gasteiger partial charge in [-0.25, -0.2) is 0 Å². The summed E-state index contributed by atoms with van der Waals surface area (Å²) in [6, 6.07) is 8.56. The molecule has 1 aromatic rings. The van der Waals surface area contributed by atoms with E-state index in [0.717, 1.165) is 18.4 Å². The molecule has 0 unspecified atom stereocenters. The third kappa shape index (κ3) is 1.07. The van der Waals surface area contributed by atoms with Crippen LogP contribution in [0.15, 0.2) is 36.4 Å². The number of benzene rings is 1. The Morgan fingerprint density at radius 3 is 2.00 bits per heavy atom. The van der Waals surface area contributed by atoms with Crippen LogP contribution in [0.4, 0.5) is 0 Å². The van der Waals surface area contributed by atoms with Gasteiger partial charge in [0.25, 0.3) is 0 Å². The fourth-order valence-corrected chi connectivity index (χ4v) is 4.36. The van der Waals surface area contributed by atoms with Gasteiger partial charge in [-0.05, 0) is 37.8 Å². The van der Waals surface area contributed by atoms with E-state index in [9.17, 15) is 4.79 Å². The van der Waals surface area contributed by atoms with Crippen LogP contribution in [0.25, 0.3) is 0 Å². The second-order valence-corrected chi connectivity index (χ2v) is 5.52. The molecule has 2 bridgehead atoms. The summed E-state index contributed by atoms with van der Waals surface area (Å²) in [7, 11) is 0. The molecule has 1 nitrogen and oxygen atoms in total. The van der Waals surface area contributed by atoms with E-state index in [1.807, 2.05) is 6.92 Å². The summed E-state index contributed by atoms with van der Waals surface area (Å²) in [5.74, 6) is 1.05. The van der Waals surface area contributed by atoms with Crippen LogP contribution in [-0.4, -0.2) is 5.78 Å². The second kappa shape index (κ2) is 3.32. The van der Waals surface area contributed by atoms with E-state index in [1.165, 1.54) is 11.1 Å². The molecule has 17 heavy (non-hydrogen) atoms. The molecule has 0 radical (unpaired) electrons. The standard InChI is InChI=1S/C16H18O/c1-10(2)16(11(3)17)14-8-9-15(16)13-7-5-4-6-12(13)14/h4-7,14-15H,1,8-9H2,2-3H3/t14-,15-/m1/s1. The van der Waals surface area contributed by atoms with Gasteiger partial charge in [0, 0.05) is 11.8 Å². The van der Waals surface area contributed by atoms with Crippen LogP contribution in [0, 0.1) is 5.41 Å². The van der Waals surface area contributed by atoms with Crippen molar-refractivity contribution in [1.82, 2.24) is 0 Å². The van der Waals surface area contributed by atoms with Crippen LogP contribution in [0.2, 0.25) is 0 Å². The van der Waals surface area contributed by atoms with Crippen molar-refractivity contribution in [1.29, 1.82) is 0 Å². The lowest BCUT2D eigenvalue weighted by Crippen LogP contribution is -2.33. The zero-order chi connectivity index (χ0) is 12.2. The number of carbonyl (C=O) groups excluding carboxylic acids is 1. The number of fused-ring (bicyclic) bond motifs is 5. The number of hydrogen-bond acceptors (Lipinski definition) is 1. The minimum absolute atomic E-state index is 0.300. The average Bonchev–Trinajstić information content (AvgIpc) is 2.81. The van der Waals surface area contributed by atoms with Crippen molar-refractivity contribution in [2.75, 3.05) is 0 Å². The molecule has 0 spiro atoms. The Bertz CT molecular complexity index is 465. The van der Waals surface area contributed by atoms with Gasteiger partial charge in [-0.1, -0.05) is 36.4 Å². The van der Waals surface area contributed by atoms with Gasteiger partial charge >= 0.3 is 0 Å². The number of Topliss-reactive ketones (excluding diaryl/α,β-unsaturated/α-hetero) is 1. The second-order valence-electron chi connectivity index (χ2n) is 5.52. The average molecular weight is 226 g/mol. The van der Waals surface area contributed by atoms with Crippen molar-refractivity contribution in [3.63, 3.8) is 0 Å². The Morgan fingerprint density at radius 1 is 1.18 bits per heavy atom. The maximum absolute atomic E-state index is 12.3. The third-order valence-corrected chi connectivity index (χ3v) is 4.88. The number of hydrogen-bond donors (Lipinski definition) is 0. The molecule has 0 N–H and O–H groups in total. The lowest BCUT2D eigenvalue weighted by Gasteiger charge is -2.32. The smallest absolute Gasteiger partial charge is 0.141 e. The van der Waals surface area contributed by atoms with E-state index in [-0.39, 0.29) is 5.41 Å². The highest BCUT2D eigenvalue weighted by Gasteiger charge is 2.60. The molecule has 1 saturated carbocycles. The summed E-state index contributed by atoms with van der Waals surface area (Å²) in [6.07, 6.45) is 2.27. The van der Waals surface area contributed by atoms with Gasteiger partial charge in [-0.2, -0.15) is 0 Å². The molecule has 2 aliphatic rings. The maximum Gasteiger partial charge on any atom is 0.141 e. The molecule has 1 aromatic carbocycles. The Morgan fingerprint density at radius 2 is 1.65 bits per heavy atom. The van der Waals surface area contributed by atoms with Gasteiger partial charge in [0.05, 0.1) is 5.41 Å². The Kier molecular flexibility index (Phi) is 2.10. The van der Waals surface area contributed by atoms with E-state index in [1.54, 1.807) is 6.92 Å². The molecule has 2 aliphatic carbocycles. The molecule has 0 aromatic heterocycles. The van der Waals surface area contributed by atoms with Crippen molar-refractivity contribution in [2.24, 2.45) is 5.41 Å². The largest absolute Gasteiger partial charge is 0.299 e. The SMILES string of the molecule is C=C(C)C1(C(C)=O)[C@@H]2CC[C@@H]1c1ccccc12. The molecule has 3 rings (SSSR count). The fourth-order valence-electron chi connectivity index (χ4n) is 4.36. The highest BCUT2D eigenvalue weighted by atomic mass is 16.1. The monoisotopic (exact) mass is 226 g/mol. The lowest BCUT2D eigenvalue weighted by molar-refractivity contribution is -0.125. The molecule has 0 saturated heterocycles.